The van der Waals surface area contributed by atoms with Gasteiger partial charge in [0.1, 0.15) is 0 Å². The molecule has 0 saturated heterocycles. The molecule has 1 unspecified atom stereocenters. The minimum Gasteiger partial charge on any atom is -0.363 e. The zero-order chi connectivity index (χ0) is 13.3. The highest BCUT2D eigenvalue weighted by atomic mass is 32.2. The molecule has 0 aliphatic carbocycles. The first kappa shape index (κ1) is 13.3. The molecule has 1 atom stereocenters. The van der Waals surface area contributed by atoms with Crippen molar-refractivity contribution in [3.63, 3.8) is 0 Å². The summed E-state index contributed by atoms with van der Waals surface area (Å²) in [6.45, 7) is 7.30. The largest absolute Gasteiger partial charge is 0.363 e. The highest BCUT2D eigenvalue weighted by Crippen LogP contribution is 2.38. The lowest BCUT2D eigenvalue weighted by atomic mass is 9.89. The second-order valence-electron chi connectivity index (χ2n) is 5.05. The van der Waals surface area contributed by atoms with E-state index in [1.807, 2.05) is 18.2 Å². The van der Waals surface area contributed by atoms with E-state index in [2.05, 4.69) is 37.8 Å². The van der Waals surface area contributed by atoms with Gasteiger partial charge in [-0.25, -0.2) is 4.21 Å². The number of rotatable bonds is 3. The van der Waals surface area contributed by atoms with Gasteiger partial charge in [0, 0.05) is 17.8 Å². The standard InChI is InChI=1S/C14H19NO2S/c1-4-15-13-8-6-5-7-12(13)11(10-18(16)17)9-14(15,2)3/h5-9H,4,10H2,1-3H3,(H,16,17). The second-order valence-corrected chi connectivity index (χ2v) is 5.98. The number of para-hydroxylation sites is 1. The lowest BCUT2D eigenvalue weighted by Gasteiger charge is -2.43. The third-order valence-electron chi connectivity index (χ3n) is 3.36. The molecule has 0 bridgehead atoms. The van der Waals surface area contributed by atoms with Gasteiger partial charge in [-0.05, 0) is 32.4 Å². The Labute approximate surface area is 111 Å². The van der Waals surface area contributed by atoms with Gasteiger partial charge in [0.2, 0.25) is 0 Å². The lowest BCUT2D eigenvalue weighted by Crippen LogP contribution is -2.45. The molecule has 4 heteroatoms. The van der Waals surface area contributed by atoms with Crippen LogP contribution in [0.5, 0.6) is 0 Å². The third-order valence-corrected chi connectivity index (χ3v) is 3.92. The van der Waals surface area contributed by atoms with Crippen LogP contribution in [0.25, 0.3) is 5.57 Å². The minimum absolute atomic E-state index is 0.127. The zero-order valence-electron chi connectivity index (χ0n) is 11.0. The number of likely N-dealkylation sites (N-methyl/N-ethyl adjacent to an activating group) is 1. The number of hydrogen-bond acceptors (Lipinski definition) is 2. The topological polar surface area (TPSA) is 40.5 Å². The molecule has 18 heavy (non-hydrogen) atoms. The Morgan fingerprint density at radius 1 is 1.33 bits per heavy atom. The Hall–Kier alpha value is -1.13. The van der Waals surface area contributed by atoms with Crippen LogP contribution in [0.3, 0.4) is 0 Å². The summed E-state index contributed by atoms with van der Waals surface area (Å²) in [5.74, 6) is 0.192. The van der Waals surface area contributed by atoms with Crippen molar-refractivity contribution in [3.8, 4) is 0 Å². The number of fused-ring (bicyclic) bond motifs is 1. The van der Waals surface area contributed by atoms with E-state index in [-0.39, 0.29) is 11.3 Å². The van der Waals surface area contributed by atoms with E-state index in [9.17, 15) is 4.21 Å². The summed E-state index contributed by atoms with van der Waals surface area (Å²) in [5.41, 5.74) is 3.05. The van der Waals surface area contributed by atoms with Crippen LogP contribution < -0.4 is 4.90 Å². The molecule has 0 saturated carbocycles. The fourth-order valence-electron chi connectivity index (χ4n) is 2.70. The first-order chi connectivity index (χ1) is 8.45. The Bertz CT molecular complexity index is 508. The smallest absolute Gasteiger partial charge is 0.157 e. The van der Waals surface area contributed by atoms with Gasteiger partial charge in [0.25, 0.3) is 0 Å². The van der Waals surface area contributed by atoms with Gasteiger partial charge >= 0.3 is 0 Å². The normalized spacial score (nSPS) is 19.1. The maximum atomic E-state index is 11.1. The third kappa shape index (κ3) is 2.35. The van der Waals surface area contributed by atoms with Crippen molar-refractivity contribution in [2.75, 3.05) is 17.2 Å². The molecular weight excluding hydrogens is 246 g/mol. The Kier molecular flexibility index (Phi) is 3.59. The predicted octanol–water partition coefficient (Wildman–Crippen LogP) is 2.91. The van der Waals surface area contributed by atoms with Crippen LogP contribution in [0.4, 0.5) is 5.69 Å². The number of nitrogens with zero attached hydrogens (tertiary/aromatic N) is 1. The van der Waals surface area contributed by atoms with E-state index in [0.717, 1.165) is 23.4 Å². The van der Waals surface area contributed by atoms with Crippen molar-refractivity contribution >= 4 is 22.3 Å². The van der Waals surface area contributed by atoms with Crippen LogP contribution in [0.2, 0.25) is 0 Å². The maximum Gasteiger partial charge on any atom is 0.157 e. The highest BCUT2D eigenvalue weighted by molar-refractivity contribution is 7.79. The van der Waals surface area contributed by atoms with Crippen molar-refractivity contribution in [2.24, 2.45) is 0 Å². The van der Waals surface area contributed by atoms with Crippen LogP contribution in [-0.2, 0) is 11.1 Å². The van der Waals surface area contributed by atoms with Crippen molar-refractivity contribution in [1.29, 1.82) is 0 Å². The SMILES string of the molecule is CCN1c2ccccc2C(CS(=O)O)=CC1(C)C. The first-order valence-corrected chi connectivity index (χ1v) is 7.39. The minimum atomic E-state index is -1.80. The molecule has 1 aromatic carbocycles. The average molecular weight is 265 g/mol. The molecule has 98 valence electrons. The molecule has 1 aliphatic heterocycles. The molecule has 3 nitrogen and oxygen atoms in total. The van der Waals surface area contributed by atoms with E-state index in [1.54, 1.807) is 0 Å². The van der Waals surface area contributed by atoms with Crippen LogP contribution in [0.1, 0.15) is 26.3 Å². The fourth-order valence-corrected chi connectivity index (χ4v) is 3.21. The summed E-state index contributed by atoms with van der Waals surface area (Å²) < 4.78 is 20.2. The monoisotopic (exact) mass is 265 g/mol. The van der Waals surface area contributed by atoms with E-state index in [0.29, 0.717) is 0 Å². The fraction of sp³-hybridized carbons (Fsp3) is 0.429. The van der Waals surface area contributed by atoms with Gasteiger partial charge in [0.15, 0.2) is 11.1 Å². The van der Waals surface area contributed by atoms with Gasteiger partial charge in [0.05, 0.1) is 11.3 Å². The molecule has 1 N–H and O–H groups in total. The molecule has 2 rings (SSSR count). The highest BCUT2D eigenvalue weighted by Gasteiger charge is 2.31. The van der Waals surface area contributed by atoms with Gasteiger partial charge in [-0.15, -0.1) is 0 Å². The molecule has 0 amide bonds. The Morgan fingerprint density at radius 2 is 2.00 bits per heavy atom. The second kappa shape index (κ2) is 4.86. The summed E-state index contributed by atoms with van der Waals surface area (Å²) in [7, 11) is 0. The van der Waals surface area contributed by atoms with Gasteiger partial charge in [-0.1, -0.05) is 24.3 Å². The Morgan fingerprint density at radius 3 is 2.61 bits per heavy atom. The maximum absolute atomic E-state index is 11.1. The number of benzene rings is 1. The predicted molar refractivity (Wildman–Crippen MR) is 77.2 cm³/mol. The summed E-state index contributed by atoms with van der Waals surface area (Å²) in [6.07, 6.45) is 2.10. The van der Waals surface area contributed by atoms with E-state index in [4.69, 9.17) is 4.55 Å². The molecule has 1 aromatic rings. The van der Waals surface area contributed by atoms with Crippen molar-refractivity contribution in [2.45, 2.75) is 26.3 Å². The summed E-state index contributed by atoms with van der Waals surface area (Å²) in [5, 5.41) is 0. The van der Waals surface area contributed by atoms with Crippen molar-refractivity contribution < 1.29 is 8.76 Å². The van der Waals surface area contributed by atoms with E-state index in [1.165, 1.54) is 0 Å². The van der Waals surface area contributed by atoms with Crippen LogP contribution >= 0.6 is 0 Å². The van der Waals surface area contributed by atoms with Crippen molar-refractivity contribution in [1.82, 2.24) is 0 Å². The molecule has 0 fully saturated rings. The van der Waals surface area contributed by atoms with Gasteiger partial charge in [-0.2, -0.15) is 0 Å². The Balaban J connectivity index is 2.55. The van der Waals surface area contributed by atoms with Gasteiger partial charge < -0.3 is 9.45 Å². The van der Waals surface area contributed by atoms with Crippen LogP contribution in [0.15, 0.2) is 30.3 Å². The first-order valence-electron chi connectivity index (χ1n) is 6.12. The molecule has 0 aromatic heterocycles. The summed E-state index contributed by atoms with van der Waals surface area (Å²) in [4.78, 5) is 2.31. The zero-order valence-corrected chi connectivity index (χ0v) is 11.8. The lowest BCUT2D eigenvalue weighted by molar-refractivity contribution is 0.561. The van der Waals surface area contributed by atoms with Crippen molar-refractivity contribution in [3.05, 3.63) is 35.9 Å². The van der Waals surface area contributed by atoms with Crippen LogP contribution in [-0.4, -0.2) is 26.6 Å². The van der Waals surface area contributed by atoms with E-state index < -0.39 is 11.1 Å². The van der Waals surface area contributed by atoms with Gasteiger partial charge in [-0.3, -0.25) is 0 Å². The molecule has 0 spiro atoms. The molecule has 1 heterocycles. The number of anilines is 1. The number of hydrogen-bond donors (Lipinski definition) is 1. The average Bonchev–Trinajstić information content (AvgIpc) is 2.27. The molecular formula is C14H19NO2S. The molecule has 1 aliphatic rings. The summed E-state index contributed by atoms with van der Waals surface area (Å²) in [6, 6.07) is 8.08. The quantitative estimate of drug-likeness (QED) is 0.854. The van der Waals surface area contributed by atoms with Crippen LogP contribution in [0, 0.1) is 0 Å². The summed E-state index contributed by atoms with van der Waals surface area (Å²) >= 11 is -1.80. The van der Waals surface area contributed by atoms with E-state index >= 15 is 0 Å². The molecule has 0 radical (unpaired) electrons.